The van der Waals surface area contributed by atoms with E-state index in [1.807, 2.05) is 11.8 Å². The second-order valence-corrected chi connectivity index (χ2v) is 8.22. The molecule has 0 spiro atoms. The second kappa shape index (κ2) is 10.3. The summed E-state index contributed by atoms with van der Waals surface area (Å²) < 4.78 is 46.3. The maximum atomic E-state index is 13.0. The van der Waals surface area contributed by atoms with Gasteiger partial charge in [-0.05, 0) is 50.1 Å². The van der Waals surface area contributed by atoms with E-state index in [1.165, 1.54) is 42.2 Å². The standard InChI is InChI=1S/C22H24F3N3O3S/c1-4-26-20-18(13-19(32-20)21(29)28-11-9-16(30-3)10-12-28)14(2)27-15-5-7-17(8-6-15)31-22(23,24)25/h4-8,13,16,27H,1,9-12H2,2-3H3/b18-14+,26-20+. The van der Waals surface area contributed by atoms with Crippen LogP contribution in [0.15, 0.2) is 64.3 Å². The first-order valence-corrected chi connectivity index (χ1v) is 10.8. The molecule has 172 valence electrons. The number of alkyl halides is 3. The molecule has 2 heterocycles. The van der Waals surface area contributed by atoms with Crippen LogP contribution in [0.2, 0.25) is 0 Å². The van der Waals surface area contributed by atoms with Gasteiger partial charge in [-0.2, -0.15) is 0 Å². The van der Waals surface area contributed by atoms with Crippen LogP contribution in [0.5, 0.6) is 5.75 Å². The van der Waals surface area contributed by atoms with Gasteiger partial charge in [0.25, 0.3) is 5.91 Å². The van der Waals surface area contributed by atoms with Crippen LogP contribution in [0.25, 0.3) is 0 Å². The molecule has 1 fully saturated rings. The highest BCUT2D eigenvalue weighted by molar-refractivity contribution is 8.18. The number of carbonyl (C=O) groups is 1. The van der Waals surface area contributed by atoms with Crippen LogP contribution < -0.4 is 10.1 Å². The third-order valence-electron chi connectivity index (χ3n) is 5.02. The number of rotatable bonds is 6. The van der Waals surface area contributed by atoms with Crippen molar-refractivity contribution in [2.24, 2.45) is 4.99 Å². The third-order valence-corrected chi connectivity index (χ3v) is 6.05. The fourth-order valence-corrected chi connectivity index (χ4v) is 4.46. The quantitative estimate of drug-likeness (QED) is 0.632. The molecular formula is C22H24F3N3O3S. The summed E-state index contributed by atoms with van der Waals surface area (Å²) >= 11 is 1.27. The molecule has 10 heteroatoms. The number of thioether (sulfide) groups is 1. The van der Waals surface area contributed by atoms with Crippen molar-refractivity contribution in [2.45, 2.75) is 32.2 Å². The first-order chi connectivity index (χ1) is 15.2. The van der Waals surface area contributed by atoms with Crippen LogP contribution in [0.4, 0.5) is 18.9 Å². The van der Waals surface area contributed by atoms with Crippen molar-refractivity contribution in [3.05, 3.63) is 59.3 Å². The Morgan fingerprint density at radius 3 is 2.50 bits per heavy atom. The summed E-state index contributed by atoms with van der Waals surface area (Å²) in [4.78, 5) is 19.6. The number of carbonyl (C=O) groups excluding carboxylic acids is 1. The Bertz CT molecular complexity index is 947. The number of anilines is 1. The molecule has 6 nitrogen and oxygen atoms in total. The Balaban J connectivity index is 1.76. The van der Waals surface area contributed by atoms with Crippen molar-refractivity contribution in [1.29, 1.82) is 0 Å². The average molecular weight is 468 g/mol. The lowest BCUT2D eigenvalue weighted by Gasteiger charge is -2.31. The van der Waals surface area contributed by atoms with E-state index < -0.39 is 6.36 Å². The fraction of sp³-hybridized carbons (Fsp3) is 0.364. The lowest BCUT2D eigenvalue weighted by atomic mass is 10.1. The molecule has 3 rings (SSSR count). The number of likely N-dealkylation sites (tertiary alicyclic amines) is 1. The molecule has 0 aliphatic carbocycles. The number of aliphatic imine (C=N–C) groups is 1. The number of ether oxygens (including phenoxy) is 2. The molecule has 32 heavy (non-hydrogen) atoms. The zero-order valence-corrected chi connectivity index (χ0v) is 18.6. The molecule has 1 aromatic carbocycles. The van der Waals surface area contributed by atoms with Gasteiger partial charge in [0.15, 0.2) is 0 Å². The summed E-state index contributed by atoms with van der Waals surface area (Å²) in [5, 5.41) is 3.77. The largest absolute Gasteiger partial charge is 0.573 e. The average Bonchev–Trinajstić information content (AvgIpc) is 3.18. The molecule has 1 amide bonds. The van der Waals surface area contributed by atoms with Gasteiger partial charge < -0.3 is 19.7 Å². The molecule has 1 aromatic rings. The molecule has 0 atom stereocenters. The predicted octanol–water partition coefficient (Wildman–Crippen LogP) is 5.08. The van der Waals surface area contributed by atoms with Crippen LogP contribution in [-0.4, -0.2) is 48.5 Å². The van der Waals surface area contributed by atoms with E-state index in [1.54, 1.807) is 13.2 Å². The van der Waals surface area contributed by atoms with Gasteiger partial charge in [0.2, 0.25) is 0 Å². The minimum absolute atomic E-state index is 0.0576. The van der Waals surface area contributed by atoms with Gasteiger partial charge in [0.1, 0.15) is 10.8 Å². The van der Waals surface area contributed by atoms with Gasteiger partial charge in [-0.25, -0.2) is 4.99 Å². The zero-order valence-electron chi connectivity index (χ0n) is 17.7. The molecule has 2 aliphatic rings. The summed E-state index contributed by atoms with van der Waals surface area (Å²) in [6.07, 6.45) is 0.218. The lowest BCUT2D eigenvalue weighted by molar-refractivity contribution is -0.274. The number of allylic oxidation sites excluding steroid dienone is 2. The first-order valence-electron chi connectivity index (χ1n) is 9.94. The summed E-state index contributed by atoms with van der Waals surface area (Å²) in [6, 6.07) is 5.41. The molecule has 0 radical (unpaired) electrons. The van der Waals surface area contributed by atoms with Gasteiger partial charge in [-0.1, -0.05) is 18.3 Å². The normalized spacial score (nSPS) is 20.2. The summed E-state index contributed by atoms with van der Waals surface area (Å²) in [5.41, 5.74) is 1.99. The van der Waals surface area contributed by atoms with Crippen LogP contribution in [0.3, 0.4) is 0 Å². The van der Waals surface area contributed by atoms with Gasteiger partial charge in [0.05, 0.1) is 11.0 Å². The number of benzene rings is 1. The van der Waals surface area contributed by atoms with Crippen molar-refractivity contribution in [3.8, 4) is 5.75 Å². The van der Waals surface area contributed by atoms with E-state index in [4.69, 9.17) is 4.74 Å². The van der Waals surface area contributed by atoms with Crippen LogP contribution in [0, 0.1) is 0 Å². The number of nitrogens with one attached hydrogen (secondary N) is 1. The van der Waals surface area contributed by atoms with E-state index in [2.05, 4.69) is 21.6 Å². The van der Waals surface area contributed by atoms with Gasteiger partial charge in [-0.15, -0.1) is 13.2 Å². The highest BCUT2D eigenvalue weighted by Gasteiger charge is 2.31. The van der Waals surface area contributed by atoms with E-state index in [9.17, 15) is 18.0 Å². The molecule has 0 aromatic heterocycles. The van der Waals surface area contributed by atoms with Crippen molar-refractivity contribution in [3.63, 3.8) is 0 Å². The predicted molar refractivity (Wildman–Crippen MR) is 119 cm³/mol. The number of hydrogen-bond donors (Lipinski definition) is 1. The third kappa shape index (κ3) is 6.17. The monoisotopic (exact) mass is 467 g/mol. The van der Waals surface area contributed by atoms with Crippen molar-refractivity contribution >= 4 is 28.4 Å². The first kappa shape index (κ1) is 23.9. The smallest absolute Gasteiger partial charge is 0.406 e. The Hall–Kier alpha value is -2.72. The van der Waals surface area contributed by atoms with Gasteiger partial charge >= 0.3 is 6.36 Å². The summed E-state index contributed by atoms with van der Waals surface area (Å²) in [5.74, 6) is -0.360. The van der Waals surface area contributed by atoms with Crippen molar-refractivity contribution in [2.75, 3.05) is 25.5 Å². The number of nitrogens with zero attached hydrogens (tertiary/aromatic N) is 2. The number of halogens is 3. The van der Waals surface area contributed by atoms with E-state index in [0.29, 0.717) is 34.4 Å². The lowest BCUT2D eigenvalue weighted by Crippen LogP contribution is -2.40. The Morgan fingerprint density at radius 1 is 1.28 bits per heavy atom. The Morgan fingerprint density at radius 2 is 1.94 bits per heavy atom. The topological polar surface area (TPSA) is 63.2 Å². The molecule has 1 saturated heterocycles. The molecule has 0 bridgehead atoms. The minimum Gasteiger partial charge on any atom is -0.406 e. The maximum Gasteiger partial charge on any atom is 0.573 e. The SMILES string of the molecule is C=C/N=C1/SC(C(=O)N2CCC(OC)CC2)=C/C1=C(/C)Nc1ccc(OC(F)(F)F)cc1. The molecular weight excluding hydrogens is 443 g/mol. The minimum atomic E-state index is -4.74. The van der Waals surface area contributed by atoms with Crippen molar-refractivity contribution < 1.29 is 27.4 Å². The number of piperidine rings is 1. The maximum absolute atomic E-state index is 13.0. The summed E-state index contributed by atoms with van der Waals surface area (Å²) in [7, 11) is 1.68. The van der Waals surface area contributed by atoms with Crippen LogP contribution >= 0.6 is 11.8 Å². The van der Waals surface area contributed by atoms with Crippen LogP contribution in [-0.2, 0) is 9.53 Å². The summed E-state index contributed by atoms with van der Waals surface area (Å²) in [6.45, 7) is 6.71. The highest BCUT2D eigenvalue weighted by atomic mass is 32.2. The Labute approximate surface area is 188 Å². The van der Waals surface area contributed by atoms with Crippen LogP contribution in [0.1, 0.15) is 19.8 Å². The Kier molecular flexibility index (Phi) is 7.68. The van der Waals surface area contributed by atoms with E-state index in [-0.39, 0.29) is 17.8 Å². The van der Waals surface area contributed by atoms with E-state index >= 15 is 0 Å². The molecule has 0 unspecified atom stereocenters. The highest BCUT2D eigenvalue weighted by Crippen LogP contribution is 2.36. The van der Waals surface area contributed by atoms with E-state index in [0.717, 1.165) is 18.4 Å². The zero-order chi connectivity index (χ0) is 23.3. The number of methoxy groups -OCH3 is 1. The fourth-order valence-electron chi connectivity index (χ4n) is 3.41. The second-order valence-electron chi connectivity index (χ2n) is 7.19. The molecule has 0 saturated carbocycles. The van der Waals surface area contributed by atoms with Crippen molar-refractivity contribution in [1.82, 2.24) is 4.90 Å². The van der Waals surface area contributed by atoms with Gasteiger partial charge in [-0.3, -0.25) is 4.79 Å². The van der Waals surface area contributed by atoms with Gasteiger partial charge in [0, 0.05) is 43.4 Å². The number of amides is 1. The molecule has 2 aliphatic heterocycles. The number of hydrogen-bond acceptors (Lipinski definition) is 6. The molecule has 1 N–H and O–H groups in total.